The van der Waals surface area contributed by atoms with Crippen LogP contribution in [0.4, 0.5) is 5.69 Å². The molecular weight excluding hydrogens is 302 g/mol. The van der Waals surface area contributed by atoms with Crippen LogP contribution in [0.3, 0.4) is 0 Å². The van der Waals surface area contributed by atoms with E-state index in [1.54, 1.807) is 6.20 Å². The molecule has 0 radical (unpaired) electrons. The van der Waals surface area contributed by atoms with Gasteiger partial charge in [0.25, 0.3) is 5.56 Å². The zero-order valence-corrected chi connectivity index (χ0v) is 13.3. The average molecular weight is 322 g/mol. The highest BCUT2D eigenvalue weighted by Gasteiger charge is 2.13. The summed E-state index contributed by atoms with van der Waals surface area (Å²) in [5.74, 6) is 0. The third kappa shape index (κ3) is 4.08. The van der Waals surface area contributed by atoms with Crippen LogP contribution in [-0.2, 0) is 6.54 Å². The van der Waals surface area contributed by atoms with Gasteiger partial charge in [0, 0.05) is 12.6 Å². The number of nitrogens with one attached hydrogen (secondary N) is 1. The van der Waals surface area contributed by atoms with Gasteiger partial charge in [-0.25, -0.2) is 4.68 Å². The average Bonchev–Trinajstić information content (AvgIpc) is 2.54. The van der Waals surface area contributed by atoms with Gasteiger partial charge < -0.3 is 10.4 Å². The van der Waals surface area contributed by atoms with Crippen LogP contribution in [0.5, 0.6) is 0 Å². The highest BCUT2D eigenvalue weighted by atomic mass is 35.5. The third-order valence-corrected chi connectivity index (χ3v) is 3.86. The van der Waals surface area contributed by atoms with Gasteiger partial charge in [-0.05, 0) is 18.4 Å². The number of nitrogens with zero attached hydrogens (tertiary/aromatic N) is 2. The molecule has 0 saturated heterocycles. The highest BCUT2D eigenvalue weighted by Crippen LogP contribution is 2.18. The number of hydrogen-bond donors (Lipinski definition) is 2. The van der Waals surface area contributed by atoms with Crippen LogP contribution in [0, 0.1) is 0 Å². The highest BCUT2D eigenvalue weighted by molar-refractivity contribution is 6.32. The number of hydrogen-bond acceptors (Lipinski definition) is 4. The van der Waals surface area contributed by atoms with Gasteiger partial charge in [0.2, 0.25) is 0 Å². The predicted molar refractivity (Wildman–Crippen MR) is 88.5 cm³/mol. The van der Waals surface area contributed by atoms with Crippen molar-refractivity contribution >= 4 is 17.3 Å². The van der Waals surface area contributed by atoms with Gasteiger partial charge in [-0.15, -0.1) is 0 Å². The SMILES string of the molecule is CCC(CCO)Nc1cnn(Cc2ccccc2)c(=O)c1Cl. The van der Waals surface area contributed by atoms with Crippen molar-refractivity contribution in [2.24, 2.45) is 0 Å². The minimum absolute atomic E-state index is 0.0636. The number of halogens is 1. The van der Waals surface area contributed by atoms with Gasteiger partial charge in [0.05, 0.1) is 18.4 Å². The molecular formula is C16H20ClN3O2. The molecule has 1 aromatic carbocycles. The Morgan fingerprint density at radius 2 is 2.09 bits per heavy atom. The van der Waals surface area contributed by atoms with Gasteiger partial charge in [-0.2, -0.15) is 5.10 Å². The molecule has 1 aromatic heterocycles. The summed E-state index contributed by atoms with van der Waals surface area (Å²) >= 11 is 6.17. The molecule has 0 aliphatic carbocycles. The summed E-state index contributed by atoms with van der Waals surface area (Å²) in [5, 5.41) is 16.5. The summed E-state index contributed by atoms with van der Waals surface area (Å²) in [6.07, 6.45) is 2.98. The summed E-state index contributed by atoms with van der Waals surface area (Å²) in [4.78, 5) is 12.3. The lowest BCUT2D eigenvalue weighted by atomic mass is 10.1. The Balaban J connectivity index is 2.20. The lowest BCUT2D eigenvalue weighted by molar-refractivity contribution is 0.278. The summed E-state index contributed by atoms with van der Waals surface area (Å²) in [7, 11) is 0. The third-order valence-electron chi connectivity index (χ3n) is 3.49. The second kappa shape index (κ2) is 7.96. The maximum atomic E-state index is 12.3. The summed E-state index contributed by atoms with van der Waals surface area (Å²) < 4.78 is 1.34. The Labute approximate surface area is 134 Å². The van der Waals surface area contributed by atoms with Crippen molar-refractivity contribution in [3.63, 3.8) is 0 Å². The molecule has 2 N–H and O–H groups in total. The minimum atomic E-state index is -0.325. The first-order chi connectivity index (χ1) is 10.7. The Morgan fingerprint density at radius 3 is 2.73 bits per heavy atom. The first-order valence-corrected chi connectivity index (χ1v) is 7.70. The van der Waals surface area contributed by atoms with Crippen molar-refractivity contribution in [1.29, 1.82) is 0 Å². The van der Waals surface area contributed by atoms with E-state index in [1.165, 1.54) is 4.68 Å². The van der Waals surface area contributed by atoms with Crippen LogP contribution in [0.15, 0.2) is 41.3 Å². The number of anilines is 1. The summed E-state index contributed by atoms with van der Waals surface area (Å²) in [5.41, 5.74) is 1.17. The van der Waals surface area contributed by atoms with E-state index < -0.39 is 0 Å². The molecule has 0 spiro atoms. The molecule has 0 aliphatic heterocycles. The topological polar surface area (TPSA) is 67.2 Å². The molecule has 0 aliphatic rings. The van der Waals surface area contributed by atoms with Crippen molar-refractivity contribution in [1.82, 2.24) is 9.78 Å². The van der Waals surface area contributed by atoms with E-state index >= 15 is 0 Å². The fourth-order valence-electron chi connectivity index (χ4n) is 2.19. The van der Waals surface area contributed by atoms with E-state index in [0.29, 0.717) is 18.7 Å². The standard InChI is InChI=1S/C16H20ClN3O2/c1-2-13(8-9-21)19-14-10-18-20(16(22)15(14)17)11-12-6-4-3-5-7-12/h3-7,10,13,19,21H,2,8-9,11H2,1H3. The van der Waals surface area contributed by atoms with Gasteiger partial charge >= 0.3 is 0 Å². The van der Waals surface area contributed by atoms with Crippen LogP contribution in [-0.4, -0.2) is 27.5 Å². The Kier molecular flexibility index (Phi) is 5.98. The number of aliphatic hydroxyl groups excluding tert-OH is 1. The van der Waals surface area contributed by atoms with Crippen LogP contribution in [0.1, 0.15) is 25.3 Å². The quantitative estimate of drug-likeness (QED) is 0.822. The van der Waals surface area contributed by atoms with Crippen molar-refractivity contribution in [3.8, 4) is 0 Å². The fraction of sp³-hybridized carbons (Fsp3) is 0.375. The fourth-order valence-corrected chi connectivity index (χ4v) is 2.39. The van der Waals surface area contributed by atoms with E-state index in [9.17, 15) is 4.79 Å². The molecule has 118 valence electrons. The zero-order valence-electron chi connectivity index (χ0n) is 12.5. The molecule has 5 nitrogen and oxygen atoms in total. The Bertz CT molecular complexity index is 658. The predicted octanol–water partition coefficient (Wildman–Crippen LogP) is 2.52. The van der Waals surface area contributed by atoms with Crippen LogP contribution < -0.4 is 10.9 Å². The molecule has 0 amide bonds. The van der Waals surface area contributed by atoms with Gasteiger partial charge in [-0.1, -0.05) is 48.9 Å². The summed E-state index contributed by atoms with van der Waals surface area (Å²) in [6.45, 7) is 2.47. The molecule has 1 atom stereocenters. The van der Waals surface area contributed by atoms with Crippen LogP contribution >= 0.6 is 11.6 Å². The van der Waals surface area contributed by atoms with Gasteiger partial charge in [0.1, 0.15) is 5.02 Å². The lowest BCUT2D eigenvalue weighted by Gasteiger charge is -2.18. The molecule has 2 aromatic rings. The second-order valence-electron chi connectivity index (χ2n) is 5.08. The van der Waals surface area contributed by atoms with Crippen molar-refractivity contribution in [2.45, 2.75) is 32.4 Å². The van der Waals surface area contributed by atoms with E-state index in [-0.39, 0.29) is 23.2 Å². The summed E-state index contributed by atoms with van der Waals surface area (Å²) in [6, 6.07) is 9.68. The Hall–Kier alpha value is -1.85. The van der Waals surface area contributed by atoms with E-state index in [4.69, 9.17) is 16.7 Å². The molecule has 0 bridgehead atoms. The van der Waals surface area contributed by atoms with Gasteiger partial charge in [0.15, 0.2) is 0 Å². The maximum Gasteiger partial charge on any atom is 0.287 e. The molecule has 22 heavy (non-hydrogen) atoms. The second-order valence-corrected chi connectivity index (χ2v) is 5.46. The Morgan fingerprint density at radius 1 is 1.36 bits per heavy atom. The number of aliphatic hydroxyl groups is 1. The molecule has 0 saturated carbocycles. The molecule has 1 unspecified atom stereocenters. The molecule has 2 rings (SSSR count). The van der Waals surface area contributed by atoms with Crippen LogP contribution in [0.2, 0.25) is 5.02 Å². The number of rotatable bonds is 7. The normalized spacial score (nSPS) is 12.1. The minimum Gasteiger partial charge on any atom is -0.396 e. The van der Waals surface area contributed by atoms with E-state index in [2.05, 4.69) is 10.4 Å². The van der Waals surface area contributed by atoms with Crippen molar-refractivity contribution in [2.75, 3.05) is 11.9 Å². The van der Waals surface area contributed by atoms with E-state index in [0.717, 1.165) is 12.0 Å². The zero-order chi connectivity index (χ0) is 15.9. The monoisotopic (exact) mass is 321 g/mol. The largest absolute Gasteiger partial charge is 0.396 e. The van der Waals surface area contributed by atoms with Crippen molar-refractivity contribution in [3.05, 3.63) is 57.5 Å². The number of aromatic nitrogens is 2. The molecule has 6 heteroatoms. The van der Waals surface area contributed by atoms with Crippen LogP contribution in [0.25, 0.3) is 0 Å². The lowest BCUT2D eigenvalue weighted by Crippen LogP contribution is -2.27. The smallest absolute Gasteiger partial charge is 0.287 e. The van der Waals surface area contributed by atoms with Crippen molar-refractivity contribution < 1.29 is 5.11 Å². The van der Waals surface area contributed by atoms with E-state index in [1.807, 2.05) is 37.3 Å². The maximum absolute atomic E-state index is 12.3. The first-order valence-electron chi connectivity index (χ1n) is 7.32. The number of benzene rings is 1. The van der Waals surface area contributed by atoms with Gasteiger partial charge in [-0.3, -0.25) is 4.79 Å². The molecule has 1 heterocycles. The molecule has 0 fully saturated rings. The first kappa shape index (κ1) is 16.5.